The van der Waals surface area contributed by atoms with Gasteiger partial charge in [-0.1, -0.05) is 0 Å². The van der Waals surface area contributed by atoms with Crippen LogP contribution in [0.2, 0.25) is 0 Å². The lowest BCUT2D eigenvalue weighted by molar-refractivity contribution is -0.127. The number of carbonyl (C=O) groups is 1. The van der Waals surface area contributed by atoms with Gasteiger partial charge in [0, 0.05) is 20.6 Å². The van der Waals surface area contributed by atoms with Crippen molar-refractivity contribution in [1.82, 2.24) is 9.88 Å². The quantitative estimate of drug-likeness (QED) is 0.918. The molecule has 0 fully saturated rings. The highest BCUT2D eigenvalue weighted by Gasteiger charge is 2.17. The average Bonchev–Trinajstić information content (AvgIpc) is 2.33. The summed E-state index contributed by atoms with van der Waals surface area (Å²) in [5, 5.41) is 0. The molecule has 0 aromatic carbocycles. The van der Waals surface area contributed by atoms with Crippen molar-refractivity contribution in [2.24, 2.45) is 0 Å². The summed E-state index contributed by atoms with van der Waals surface area (Å²) in [4.78, 5) is 19.6. The normalized spacial score (nSPS) is 10.3. The van der Waals surface area contributed by atoms with Crippen LogP contribution in [0.3, 0.4) is 0 Å². The molecule has 1 rings (SSSR count). The first-order valence-corrected chi connectivity index (χ1v) is 6.53. The maximum absolute atomic E-state index is 11.8. The molecule has 1 heterocycles. The first kappa shape index (κ1) is 14.8. The number of halogens is 1. The van der Waals surface area contributed by atoms with Gasteiger partial charge in [0.05, 0.1) is 22.9 Å². The van der Waals surface area contributed by atoms with E-state index in [0.29, 0.717) is 18.8 Å². The van der Waals surface area contributed by atoms with Gasteiger partial charge in [-0.2, -0.15) is 0 Å². The molecule has 0 aliphatic carbocycles. The fourth-order valence-electron chi connectivity index (χ4n) is 1.44. The number of amides is 1. The summed E-state index contributed by atoms with van der Waals surface area (Å²) in [6.07, 6.45) is 1.62. The molecule has 0 aliphatic heterocycles. The molecule has 0 radical (unpaired) electrons. The molecule has 2 N–H and O–H groups in total. The zero-order valence-electron chi connectivity index (χ0n) is 11.2. The number of rotatable bonds is 4. The molecule has 1 aromatic heterocycles. The van der Waals surface area contributed by atoms with Gasteiger partial charge in [0.25, 0.3) is 0 Å². The number of nitrogen functional groups attached to an aromatic ring is 1. The van der Waals surface area contributed by atoms with E-state index in [1.165, 1.54) is 0 Å². The van der Waals surface area contributed by atoms with Crippen LogP contribution < -0.4 is 10.6 Å². The number of carbonyl (C=O) groups excluding carboxylic acids is 1. The van der Waals surface area contributed by atoms with Crippen LogP contribution in [0.4, 0.5) is 11.5 Å². The molecule has 1 aromatic rings. The highest BCUT2D eigenvalue weighted by Crippen LogP contribution is 2.30. The van der Waals surface area contributed by atoms with Crippen molar-refractivity contribution in [2.45, 2.75) is 13.8 Å². The van der Waals surface area contributed by atoms with Crippen molar-refractivity contribution >= 4 is 33.3 Å². The van der Waals surface area contributed by atoms with Gasteiger partial charge in [0.2, 0.25) is 5.91 Å². The van der Waals surface area contributed by atoms with Crippen molar-refractivity contribution in [3.63, 3.8) is 0 Å². The van der Waals surface area contributed by atoms with Crippen LogP contribution in [0.25, 0.3) is 0 Å². The minimum Gasteiger partial charge on any atom is -0.397 e. The Balaban J connectivity index is 3.03. The molecule has 0 spiro atoms. The van der Waals surface area contributed by atoms with Crippen molar-refractivity contribution in [2.75, 3.05) is 37.8 Å². The smallest absolute Gasteiger partial charge is 0.241 e. The lowest BCUT2D eigenvalue weighted by Gasteiger charge is -2.25. The van der Waals surface area contributed by atoms with Crippen LogP contribution in [0.15, 0.2) is 10.7 Å². The highest BCUT2D eigenvalue weighted by molar-refractivity contribution is 9.10. The Kier molecular flexibility index (Phi) is 4.95. The number of anilines is 2. The number of aromatic nitrogens is 1. The molecule has 0 unspecified atom stereocenters. The van der Waals surface area contributed by atoms with E-state index in [2.05, 4.69) is 20.9 Å². The van der Waals surface area contributed by atoms with Crippen molar-refractivity contribution < 1.29 is 4.79 Å². The molecular weight excluding hydrogens is 296 g/mol. The van der Waals surface area contributed by atoms with Gasteiger partial charge in [-0.25, -0.2) is 4.98 Å². The number of likely N-dealkylation sites (N-methyl/N-ethyl adjacent to an activating group) is 2. The van der Waals surface area contributed by atoms with Gasteiger partial charge < -0.3 is 15.5 Å². The summed E-state index contributed by atoms with van der Waals surface area (Å²) < 4.78 is 0.843. The van der Waals surface area contributed by atoms with Crippen molar-refractivity contribution in [3.05, 3.63) is 16.2 Å². The third kappa shape index (κ3) is 3.13. The molecule has 5 nitrogen and oxygen atoms in total. The van der Waals surface area contributed by atoms with Crippen LogP contribution in [0.1, 0.15) is 12.5 Å². The fraction of sp³-hybridized carbons (Fsp3) is 0.500. The summed E-state index contributed by atoms with van der Waals surface area (Å²) in [5.74, 6) is 0.791. The van der Waals surface area contributed by atoms with Gasteiger partial charge in [0.1, 0.15) is 5.82 Å². The Hall–Kier alpha value is -1.30. The Morgan fingerprint density at radius 2 is 2.11 bits per heavy atom. The molecule has 6 heteroatoms. The largest absolute Gasteiger partial charge is 0.397 e. The van der Waals surface area contributed by atoms with E-state index >= 15 is 0 Å². The van der Waals surface area contributed by atoms with E-state index in [-0.39, 0.29) is 5.91 Å². The SMILES string of the molecule is CCN(CC(=O)N(C)C)c1ncc(N)c(C)c1Br. The van der Waals surface area contributed by atoms with Crippen LogP contribution in [0, 0.1) is 6.92 Å². The van der Waals surface area contributed by atoms with Crippen LogP contribution in [0.5, 0.6) is 0 Å². The second-order valence-corrected chi connectivity index (χ2v) is 5.07. The third-order valence-electron chi connectivity index (χ3n) is 2.79. The second kappa shape index (κ2) is 6.04. The molecule has 0 saturated carbocycles. The van der Waals surface area contributed by atoms with E-state index in [1.54, 1.807) is 25.2 Å². The average molecular weight is 315 g/mol. The molecule has 1 amide bonds. The van der Waals surface area contributed by atoms with E-state index in [1.807, 2.05) is 18.7 Å². The van der Waals surface area contributed by atoms with Crippen LogP contribution in [-0.2, 0) is 4.79 Å². The number of pyridine rings is 1. The predicted octanol–water partition coefficient (Wildman–Crippen LogP) is 1.65. The zero-order chi connectivity index (χ0) is 13.9. The molecule has 18 heavy (non-hydrogen) atoms. The summed E-state index contributed by atoms with van der Waals surface area (Å²) >= 11 is 3.49. The van der Waals surface area contributed by atoms with Gasteiger partial charge in [-0.15, -0.1) is 0 Å². The van der Waals surface area contributed by atoms with Gasteiger partial charge >= 0.3 is 0 Å². The summed E-state index contributed by atoms with van der Waals surface area (Å²) in [6, 6.07) is 0. The maximum Gasteiger partial charge on any atom is 0.241 e. The van der Waals surface area contributed by atoms with Gasteiger partial charge in [-0.05, 0) is 35.3 Å². The van der Waals surface area contributed by atoms with E-state index in [4.69, 9.17) is 5.73 Å². The number of hydrogen-bond donors (Lipinski definition) is 1. The summed E-state index contributed by atoms with van der Waals surface area (Å²) in [7, 11) is 3.49. The van der Waals surface area contributed by atoms with Crippen LogP contribution >= 0.6 is 15.9 Å². The topological polar surface area (TPSA) is 62.5 Å². The standard InChI is InChI=1S/C12H19BrN4O/c1-5-17(7-10(18)16(3)4)12-11(13)8(2)9(14)6-15-12/h6H,5,7,14H2,1-4H3. The Bertz CT molecular complexity index is 448. The number of hydrogen-bond acceptors (Lipinski definition) is 4. The summed E-state index contributed by atoms with van der Waals surface area (Å²) in [6.45, 7) is 4.92. The number of nitrogens with zero attached hydrogens (tertiary/aromatic N) is 3. The van der Waals surface area contributed by atoms with Gasteiger partial charge in [0.15, 0.2) is 0 Å². The molecule has 0 bridgehead atoms. The Morgan fingerprint density at radius 3 is 2.61 bits per heavy atom. The van der Waals surface area contributed by atoms with Crippen LogP contribution in [-0.4, -0.2) is 43.0 Å². The highest BCUT2D eigenvalue weighted by atomic mass is 79.9. The van der Waals surface area contributed by atoms with Crippen molar-refractivity contribution in [1.29, 1.82) is 0 Å². The molecule has 100 valence electrons. The molecule has 0 saturated heterocycles. The molecule has 0 atom stereocenters. The second-order valence-electron chi connectivity index (χ2n) is 4.28. The summed E-state index contributed by atoms with van der Waals surface area (Å²) in [5.41, 5.74) is 7.37. The lowest BCUT2D eigenvalue weighted by Crippen LogP contribution is -2.37. The Labute approximate surface area is 116 Å². The van der Waals surface area contributed by atoms with Crippen molar-refractivity contribution in [3.8, 4) is 0 Å². The van der Waals surface area contributed by atoms with E-state index in [9.17, 15) is 4.79 Å². The first-order chi connectivity index (χ1) is 8.38. The monoisotopic (exact) mass is 314 g/mol. The molecular formula is C12H19BrN4O. The van der Waals surface area contributed by atoms with Gasteiger partial charge in [-0.3, -0.25) is 4.79 Å². The zero-order valence-corrected chi connectivity index (χ0v) is 12.8. The predicted molar refractivity (Wildman–Crippen MR) is 77.7 cm³/mol. The van der Waals surface area contributed by atoms with E-state index < -0.39 is 0 Å². The number of nitrogens with two attached hydrogens (primary N) is 1. The Morgan fingerprint density at radius 1 is 1.50 bits per heavy atom. The van der Waals surface area contributed by atoms with E-state index in [0.717, 1.165) is 15.9 Å². The molecule has 0 aliphatic rings. The fourth-order valence-corrected chi connectivity index (χ4v) is 2.02. The minimum atomic E-state index is 0.0417. The first-order valence-electron chi connectivity index (χ1n) is 5.74. The minimum absolute atomic E-state index is 0.0417. The third-order valence-corrected chi connectivity index (χ3v) is 3.74. The lowest BCUT2D eigenvalue weighted by atomic mass is 10.2. The maximum atomic E-state index is 11.8.